The zero-order valence-electron chi connectivity index (χ0n) is 5.28. The molecule has 66 valence electrons. The number of hydrogen-bond donors (Lipinski definition) is 8. The first-order valence-corrected chi connectivity index (χ1v) is 5.37. The van der Waals surface area contributed by atoms with Crippen LogP contribution in [-0.2, 0) is 19.5 Å². The Bertz CT molecular complexity index is 55.1. The molecule has 8 N–H and O–H groups in total. The van der Waals surface area contributed by atoms with E-state index in [2.05, 4.69) is 0 Å². The van der Waals surface area contributed by atoms with Gasteiger partial charge in [-0.2, -0.15) is 0 Å². The summed E-state index contributed by atoms with van der Waals surface area (Å²) in [5, 5.41) is 0. The van der Waals surface area contributed by atoms with E-state index >= 15 is 0 Å². The Morgan fingerprint density at radius 3 is 0.455 bits per heavy atom. The van der Waals surface area contributed by atoms with Gasteiger partial charge in [-0.05, 0) is 0 Å². The summed E-state index contributed by atoms with van der Waals surface area (Å²) in [6.45, 7) is 0. The monoisotopic (exact) mass is 256 g/mol. The van der Waals surface area contributed by atoms with Gasteiger partial charge in [-0.15, -0.1) is 0 Å². The molecule has 0 aromatic carbocycles. The maximum absolute atomic E-state index is 7.33. The van der Waals surface area contributed by atoms with Gasteiger partial charge in [0.1, 0.15) is 0 Å². The Balaban J connectivity index is -0.000000107. The minimum absolute atomic E-state index is 0. The SMILES string of the molecule is O[Si](O)(O)O.O[Si](O)(O)O.[Zn]. The Hall–Kier alpha value is 0.737. The van der Waals surface area contributed by atoms with Gasteiger partial charge in [-0.25, -0.2) is 0 Å². The van der Waals surface area contributed by atoms with Crippen molar-refractivity contribution in [2.24, 2.45) is 0 Å². The molecule has 0 spiro atoms. The fourth-order valence-electron chi connectivity index (χ4n) is 0. The molecule has 0 aliphatic carbocycles. The predicted octanol–water partition coefficient (Wildman–Crippen LogP) is -5.22. The third kappa shape index (κ3) is 1510. The number of hydrogen-bond acceptors (Lipinski definition) is 8. The minimum atomic E-state index is -4.61. The van der Waals surface area contributed by atoms with Gasteiger partial charge >= 0.3 is 18.1 Å². The second-order valence-electron chi connectivity index (χ2n) is 1.20. The van der Waals surface area contributed by atoms with Gasteiger partial charge in [0.05, 0.1) is 0 Å². The molecule has 0 fully saturated rings. The molecule has 0 bridgehead atoms. The molecule has 0 aromatic rings. The van der Waals surface area contributed by atoms with Crippen molar-refractivity contribution in [3.63, 3.8) is 0 Å². The Kier molecular flexibility index (Phi) is 10.1. The second kappa shape index (κ2) is 6.27. The van der Waals surface area contributed by atoms with Gasteiger partial charge in [-0.1, -0.05) is 0 Å². The van der Waals surface area contributed by atoms with E-state index in [1.807, 2.05) is 0 Å². The summed E-state index contributed by atoms with van der Waals surface area (Å²) in [6.07, 6.45) is 0. The summed E-state index contributed by atoms with van der Waals surface area (Å²) in [7, 11) is -9.22. The van der Waals surface area contributed by atoms with E-state index in [-0.39, 0.29) is 19.5 Å². The van der Waals surface area contributed by atoms with Gasteiger partial charge in [0.2, 0.25) is 0 Å². The molecule has 0 unspecified atom stereocenters. The van der Waals surface area contributed by atoms with E-state index in [4.69, 9.17) is 38.4 Å². The third-order valence-corrected chi connectivity index (χ3v) is 0. The average molecular weight is 258 g/mol. The standard InChI is InChI=1S/2H4O4Si.Zn/c2*1-5(2,3)4;/h2*1-4H;. The summed E-state index contributed by atoms with van der Waals surface area (Å²) in [6, 6.07) is 0. The van der Waals surface area contributed by atoms with Crippen LogP contribution in [0.2, 0.25) is 0 Å². The van der Waals surface area contributed by atoms with E-state index in [1.54, 1.807) is 0 Å². The molecule has 0 radical (unpaired) electrons. The summed E-state index contributed by atoms with van der Waals surface area (Å²) in [5.74, 6) is 0. The van der Waals surface area contributed by atoms with Crippen molar-refractivity contribution in [1.82, 2.24) is 0 Å². The van der Waals surface area contributed by atoms with E-state index in [9.17, 15) is 0 Å². The van der Waals surface area contributed by atoms with E-state index < -0.39 is 18.1 Å². The second-order valence-corrected chi connectivity index (χ2v) is 3.60. The fourth-order valence-corrected chi connectivity index (χ4v) is 0. The molecule has 0 aliphatic rings. The van der Waals surface area contributed by atoms with Gasteiger partial charge in [-0.3, -0.25) is 0 Å². The first-order chi connectivity index (χ1) is 4.00. The first-order valence-electron chi connectivity index (χ1n) is 1.79. The van der Waals surface area contributed by atoms with Crippen molar-refractivity contribution in [2.45, 2.75) is 0 Å². The molecule has 11 heavy (non-hydrogen) atoms. The maximum atomic E-state index is 7.33. The van der Waals surface area contributed by atoms with Crippen LogP contribution in [0.25, 0.3) is 0 Å². The number of rotatable bonds is 0. The van der Waals surface area contributed by atoms with Gasteiger partial charge in [0, 0.05) is 19.5 Å². The van der Waals surface area contributed by atoms with Crippen molar-refractivity contribution < 1.29 is 57.8 Å². The largest absolute Gasteiger partial charge is 0.668 e. The van der Waals surface area contributed by atoms with Crippen molar-refractivity contribution in [2.75, 3.05) is 0 Å². The smallest absolute Gasteiger partial charge is 0.368 e. The molecule has 0 saturated carbocycles. The molecule has 8 nitrogen and oxygen atoms in total. The molecule has 0 rings (SSSR count). The van der Waals surface area contributed by atoms with Gasteiger partial charge in [0.15, 0.2) is 0 Å². The van der Waals surface area contributed by atoms with E-state index in [0.717, 1.165) is 0 Å². The first kappa shape index (κ1) is 17.7. The minimum Gasteiger partial charge on any atom is -0.368 e. The third-order valence-electron chi connectivity index (χ3n) is 0. The van der Waals surface area contributed by atoms with Crippen LogP contribution in [0.3, 0.4) is 0 Å². The summed E-state index contributed by atoms with van der Waals surface area (Å²) in [5.41, 5.74) is 0. The molecule has 0 saturated heterocycles. The van der Waals surface area contributed by atoms with E-state index in [0.29, 0.717) is 0 Å². The molecule has 0 aliphatic heterocycles. The molecule has 0 amide bonds. The Labute approximate surface area is 76.4 Å². The Morgan fingerprint density at radius 1 is 0.455 bits per heavy atom. The predicted molar refractivity (Wildman–Crippen MR) is 29.3 cm³/mol. The van der Waals surface area contributed by atoms with Crippen LogP contribution in [-0.4, -0.2) is 56.5 Å². The van der Waals surface area contributed by atoms with Crippen LogP contribution in [0.5, 0.6) is 0 Å². The topological polar surface area (TPSA) is 162 Å². The molecule has 0 heterocycles. The van der Waals surface area contributed by atoms with Crippen molar-refractivity contribution in [1.29, 1.82) is 0 Å². The van der Waals surface area contributed by atoms with Crippen LogP contribution in [0.4, 0.5) is 0 Å². The molecule has 0 atom stereocenters. The van der Waals surface area contributed by atoms with Crippen LogP contribution < -0.4 is 0 Å². The van der Waals surface area contributed by atoms with Crippen molar-refractivity contribution in [3.8, 4) is 0 Å². The normalized spacial score (nSPS) is 10.9. The quantitative estimate of drug-likeness (QED) is 0.200. The average Bonchev–Trinajstić information content (AvgIpc) is 1.12. The zero-order chi connectivity index (χ0) is 9.00. The van der Waals surface area contributed by atoms with Crippen LogP contribution in [0, 0.1) is 0 Å². The summed E-state index contributed by atoms with van der Waals surface area (Å²) < 4.78 is 0. The zero-order valence-corrected chi connectivity index (χ0v) is 10.3. The molecular weight excluding hydrogens is 250 g/mol. The molecular formula is H8O8Si2Zn. The van der Waals surface area contributed by atoms with Crippen LogP contribution in [0.1, 0.15) is 0 Å². The summed E-state index contributed by atoms with van der Waals surface area (Å²) >= 11 is 0. The van der Waals surface area contributed by atoms with Gasteiger partial charge in [0.25, 0.3) is 0 Å². The van der Waals surface area contributed by atoms with Crippen molar-refractivity contribution >= 4 is 18.1 Å². The molecule has 0 aromatic heterocycles. The summed E-state index contributed by atoms with van der Waals surface area (Å²) in [4.78, 5) is 58.6. The van der Waals surface area contributed by atoms with Crippen molar-refractivity contribution in [3.05, 3.63) is 0 Å². The molecule has 11 heteroatoms. The van der Waals surface area contributed by atoms with Gasteiger partial charge < -0.3 is 38.4 Å². The van der Waals surface area contributed by atoms with E-state index in [1.165, 1.54) is 0 Å². The van der Waals surface area contributed by atoms with Crippen LogP contribution in [0.15, 0.2) is 0 Å². The Morgan fingerprint density at radius 2 is 0.455 bits per heavy atom. The van der Waals surface area contributed by atoms with Crippen LogP contribution >= 0.6 is 0 Å². The fraction of sp³-hybridized carbons (Fsp3) is 0. The maximum Gasteiger partial charge on any atom is 0.668 e.